The number of hydrogen-bond acceptors (Lipinski definition) is 1. The van der Waals surface area contributed by atoms with Crippen LogP contribution < -0.4 is 5.32 Å². The Bertz CT molecular complexity index is 314. The predicted octanol–water partition coefficient (Wildman–Crippen LogP) is 2.84. The maximum atomic E-state index is 13.8. The van der Waals surface area contributed by atoms with E-state index >= 15 is 0 Å². The van der Waals surface area contributed by atoms with E-state index in [0.29, 0.717) is 6.42 Å². The molecule has 1 nitrogen and oxygen atoms in total. The third-order valence-electron chi connectivity index (χ3n) is 3.17. The van der Waals surface area contributed by atoms with E-state index in [1.165, 1.54) is 5.56 Å². The van der Waals surface area contributed by atoms with Gasteiger partial charge in [-0.3, -0.25) is 0 Å². The lowest BCUT2D eigenvalue weighted by Gasteiger charge is -2.33. The molecule has 15 heavy (non-hydrogen) atoms. The van der Waals surface area contributed by atoms with E-state index in [-0.39, 0.29) is 0 Å². The molecule has 1 N–H and O–H groups in total. The van der Waals surface area contributed by atoms with Crippen molar-refractivity contribution < 1.29 is 4.39 Å². The lowest BCUT2D eigenvalue weighted by molar-refractivity contribution is 0.0641. The quantitative estimate of drug-likeness (QED) is 0.800. The van der Waals surface area contributed by atoms with Crippen molar-refractivity contribution in [3.8, 4) is 0 Å². The van der Waals surface area contributed by atoms with Crippen LogP contribution in [0.4, 0.5) is 4.39 Å². The van der Waals surface area contributed by atoms with Crippen LogP contribution >= 0.6 is 0 Å². The van der Waals surface area contributed by atoms with Gasteiger partial charge in [-0.2, -0.15) is 0 Å². The van der Waals surface area contributed by atoms with Gasteiger partial charge in [0.25, 0.3) is 0 Å². The Hall–Kier alpha value is -0.890. The molecule has 0 heterocycles. The number of nitrogens with one attached hydrogen (secondary N) is 1. The first-order valence-electron chi connectivity index (χ1n) is 5.63. The highest BCUT2D eigenvalue weighted by molar-refractivity contribution is 5.24. The predicted molar refractivity (Wildman–Crippen MR) is 60.6 cm³/mol. The van der Waals surface area contributed by atoms with E-state index in [4.69, 9.17) is 0 Å². The summed E-state index contributed by atoms with van der Waals surface area (Å²) in [5, 5.41) is 3.10. The maximum Gasteiger partial charge on any atom is 0.115 e. The van der Waals surface area contributed by atoms with Gasteiger partial charge in [-0.15, -0.1) is 0 Å². The maximum absolute atomic E-state index is 13.8. The van der Waals surface area contributed by atoms with Gasteiger partial charge >= 0.3 is 0 Å². The van der Waals surface area contributed by atoms with Gasteiger partial charge in [0.1, 0.15) is 5.67 Å². The Morgan fingerprint density at radius 2 is 1.80 bits per heavy atom. The van der Waals surface area contributed by atoms with Gasteiger partial charge in [0.15, 0.2) is 0 Å². The topological polar surface area (TPSA) is 12.0 Å². The van der Waals surface area contributed by atoms with E-state index in [0.717, 1.165) is 31.4 Å². The molecule has 2 heteroatoms. The number of rotatable bonds is 4. The Morgan fingerprint density at radius 3 is 2.27 bits per heavy atom. The average Bonchev–Trinajstić information content (AvgIpc) is 2.19. The molecule has 0 spiro atoms. The molecule has 1 fully saturated rings. The van der Waals surface area contributed by atoms with Crippen LogP contribution in [-0.4, -0.2) is 12.7 Å². The lowest BCUT2D eigenvalue weighted by Crippen LogP contribution is -2.34. The molecule has 0 amide bonds. The molecular weight excluding hydrogens is 189 g/mol. The van der Waals surface area contributed by atoms with E-state index in [2.05, 4.69) is 17.4 Å². The van der Waals surface area contributed by atoms with E-state index in [1.54, 1.807) is 0 Å². The number of hydrogen-bond donors (Lipinski definition) is 1. The highest BCUT2D eigenvalue weighted by Crippen LogP contribution is 2.38. The molecule has 2 rings (SSSR count). The second-order valence-corrected chi connectivity index (χ2v) is 4.53. The molecule has 0 atom stereocenters. The molecule has 0 aromatic heterocycles. The summed E-state index contributed by atoms with van der Waals surface area (Å²) in [6.45, 7) is 0.876. The Morgan fingerprint density at radius 1 is 1.20 bits per heavy atom. The first-order valence-corrected chi connectivity index (χ1v) is 5.63. The van der Waals surface area contributed by atoms with E-state index < -0.39 is 5.67 Å². The molecule has 0 saturated heterocycles. The molecule has 0 unspecified atom stereocenters. The molecule has 0 radical (unpaired) electrons. The molecule has 1 aromatic carbocycles. The summed E-state index contributed by atoms with van der Waals surface area (Å²) in [4.78, 5) is 0. The second-order valence-electron chi connectivity index (χ2n) is 4.53. The van der Waals surface area contributed by atoms with E-state index in [9.17, 15) is 4.39 Å². The van der Waals surface area contributed by atoms with Crippen molar-refractivity contribution >= 4 is 0 Å². The monoisotopic (exact) mass is 207 g/mol. The van der Waals surface area contributed by atoms with Crippen molar-refractivity contribution in [3.05, 3.63) is 35.4 Å². The Balaban J connectivity index is 1.97. The van der Waals surface area contributed by atoms with Crippen LogP contribution in [0.15, 0.2) is 24.3 Å². The van der Waals surface area contributed by atoms with Crippen LogP contribution in [0.3, 0.4) is 0 Å². The van der Waals surface area contributed by atoms with Crippen molar-refractivity contribution in [1.29, 1.82) is 0 Å². The average molecular weight is 207 g/mol. The molecule has 82 valence electrons. The van der Waals surface area contributed by atoms with Crippen LogP contribution in [0.2, 0.25) is 0 Å². The summed E-state index contributed by atoms with van der Waals surface area (Å²) in [5.41, 5.74) is 1.48. The highest BCUT2D eigenvalue weighted by Gasteiger charge is 2.36. The van der Waals surface area contributed by atoms with Crippen molar-refractivity contribution in [1.82, 2.24) is 5.32 Å². The van der Waals surface area contributed by atoms with Crippen molar-refractivity contribution in [2.24, 2.45) is 0 Å². The third-order valence-corrected chi connectivity index (χ3v) is 3.17. The molecule has 1 aliphatic carbocycles. The fourth-order valence-electron chi connectivity index (χ4n) is 2.08. The number of alkyl halides is 1. The second kappa shape index (κ2) is 4.31. The van der Waals surface area contributed by atoms with Crippen LogP contribution in [0.5, 0.6) is 0 Å². The van der Waals surface area contributed by atoms with Gasteiger partial charge in [0.2, 0.25) is 0 Å². The molecule has 1 aliphatic rings. The van der Waals surface area contributed by atoms with Gasteiger partial charge in [-0.1, -0.05) is 24.3 Å². The van der Waals surface area contributed by atoms with Crippen molar-refractivity contribution in [3.63, 3.8) is 0 Å². The normalized spacial score (nSPS) is 18.5. The smallest absolute Gasteiger partial charge is 0.115 e. The van der Waals surface area contributed by atoms with Crippen molar-refractivity contribution in [2.45, 2.75) is 37.9 Å². The van der Waals surface area contributed by atoms with Gasteiger partial charge in [-0.05, 0) is 37.4 Å². The fourth-order valence-corrected chi connectivity index (χ4v) is 2.08. The molecule has 1 aromatic rings. The fraction of sp³-hybridized carbons (Fsp3) is 0.538. The van der Waals surface area contributed by atoms with Crippen LogP contribution in [-0.2, 0) is 13.0 Å². The SMILES string of the molecule is CNCc1ccc(CC2(F)CCC2)cc1. The first-order chi connectivity index (χ1) is 7.22. The summed E-state index contributed by atoms with van der Waals surface area (Å²) in [6.07, 6.45) is 3.12. The van der Waals surface area contributed by atoms with Crippen LogP contribution in [0.1, 0.15) is 30.4 Å². The third kappa shape index (κ3) is 2.57. The summed E-state index contributed by atoms with van der Waals surface area (Å²) in [6, 6.07) is 8.25. The first kappa shape index (κ1) is 10.6. The minimum Gasteiger partial charge on any atom is -0.316 e. The van der Waals surface area contributed by atoms with Gasteiger partial charge in [0, 0.05) is 13.0 Å². The van der Waals surface area contributed by atoms with Crippen LogP contribution in [0.25, 0.3) is 0 Å². The largest absolute Gasteiger partial charge is 0.316 e. The zero-order valence-corrected chi connectivity index (χ0v) is 9.22. The minimum atomic E-state index is -0.898. The van der Waals surface area contributed by atoms with Gasteiger partial charge in [-0.25, -0.2) is 4.39 Å². The number of benzene rings is 1. The molecule has 0 bridgehead atoms. The van der Waals surface area contributed by atoms with Gasteiger partial charge < -0.3 is 5.32 Å². The number of halogens is 1. The Labute approximate surface area is 90.7 Å². The lowest BCUT2D eigenvalue weighted by atomic mass is 9.78. The summed E-state index contributed by atoms with van der Waals surface area (Å²) >= 11 is 0. The zero-order chi connectivity index (χ0) is 10.7. The standard InChI is InChI=1S/C13H18FN/c1-15-10-12-5-3-11(4-6-12)9-13(14)7-2-8-13/h3-6,15H,2,7-10H2,1H3. The highest BCUT2D eigenvalue weighted by atomic mass is 19.1. The molecule has 0 aliphatic heterocycles. The minimum absolute atomic E-state index is 0.590. The van der Waals surface area contributed by atoms with Crippen LogP contribution in [0, 0.1) is 0 Å². The molecular formula is C13H18FN. The Kier molecular flexibility index (Phi) is 3.06. The molecule has 1 saturated carbocycles. The zero-order valence-electron chi connectivity index (χ0n) is 9.22. The summed E-state index contributed by atoms with van der Waals surface area (Å²) in [5.74, 6) is 0. The summed E-state index contributed by atoms with van der Waals surface area (Å²) in [7, 11) is 1.93. The summed E-state index contributed by atoms with van der Waals surface area (Å²) < 4.78 is 13.8. The van der Waals surface area contributed by atoms with Gasteiger partial charge in [0.05, 0.1) is 0 Å². The van der Waals surface area contributed by atoms with Crippen molar-refractivity contribution in [2.75, 3.05) is 7.05 Å². The van der Waals surface area contributed by atoms with E-state index in [1.807, 2.05) is 19.2 Å².